The Kier molecular flexibility index (Phi) is 4.41. The number of hydrogen-bond donors (Lipinski definition) is 3. The summed E-state index contributed by atoms with van der Waals surface area (Å²) < 4.78 is 0. The minimum atomic E-state index is -0.560. The van der Waals surface area contributed by atoms with Crippen molar-refractivity contribution in [1.82, 2.24) is 15.4 Å². The van der Waals surface area contributed by atoms with E-state index in [2.05, 4.69) is 9.97 Å². The van der Waals surface area contributed by atoms with Crippen LogP contribution in [0, 0.1) is 0 Å². The molecule has 3 N–H and O–H groups in total. The number of fused-ring (bicyclic) bond motifs is 1. The monoisotopic (exact) mass is 327 g/mol. The molecule has 0 fully saturated rings. The summed E-state index contributed by atoms with van der Waals surface area (Å²) in [5, 5.41) is 9.11. The molecule has 0 bridgehead atoms. The maximum Gasteiger partial charge on any atom is 0.267 e. The zero-order chi connectivity index (χ0) is 16.2. The van der Waals surface area contributed by atoms with E-state index in [-0.39, 0.29) is 0 Å². The lowest BCUT2D eigenvalue weighted by Crippen LogP contribution is -2.14. The lowest BCUT2D eigenvalue weighted by atomic mass is 10.1. The molecule has 1 heterocycles. The second-order valence-electron chi connectivity index (χ2n) is 5.07. The Morgan fingerprint density at radius 3 is 2.78 bits per heavy atom. The summed E-state index contributed by atoms with van der Waals surface area (Å²) in [7, 11) is 0. The summed E-state index contributed by atoms with van der Waals surface area (Å²) in [6.07, 6.45) is 3.56. The Balaban J connectivity index is 1.74. The number of amides is 1. The minimum Gasteiger partial charge on any atom is -0.342 e. The Bertz CT molecular complexity index is 869. The molecule has 0 aliphatic carbocycles. The predicted octanol–water partition coefficient (Wildman–Crippen LogP) is 3.33. The van der Waals surface area contributed by atoms with E-state index in [1.54, 1.807) is 11.6 Å². The summed E-state index contributed by atoms with van der Waals surface area (Å²) in [5.74, 6) is 0.306. The summed E-state index contributed by atoms with van der Waals surface area (Å²) in [4.78, 5) is 18.7. The third kappa shape index (κ3) is 3.77. The molecule has 23 heavy (non-hydrogen) atoms. The molecule has 116 valence electrons. The van der Waals surface area contributed by atoms with Gasteiger partial charge >= 0.3 is 0 Å². The summed E-state index contributed by atoms with van der Waals surface area (Å²) in [6.45, 7) is 0. The maximum atomic E-state index is 10.9. The molecule has 5 nitrogen and oxygen atoms in total. The molecule has 2 aromatic carbocycles. The molecule has 1 aromatic heterocycles. The fourth-order valence-electron chi connectivity index (χ4n) is 2.27. The highest BCUT2D eigenvalue weighted by Gasteiger charge is 2.04. The number of aromatic amines is 1. The predicted molar refractivity (Wildman–Crippen MR) is 89.3 cm³/mol. The molecule has 0 atom stereocenters. The molecule has 0 saturated heterocycles. The van der Waals surface area contributed by atoms with Gasteiger partial charge in [-0.2, -0.15) is 0 Å². The number of halogens is 1. The van der Waals surface area contributed by atoms with E-state index < -0.39 is 5.91 Å². The van der Waals surface area contributed by atoms with E-state index in [9.17, 15) is 4.79 Å². The van der Waals surface area contributed by atoms with Crippen LogP contribution in [0.1, 0.15) is 17.0 Å². The van der Waals surface area contributed by atoms with Gasteiger partial charge in [0.25, 0.3) is 5.91 Å². The van der Waals surface area contributed by atoms with Crippen LogP contribution in [0.25, 0.3) is 17.1 Å². The topological polar surface area (TPSA) is 78.0 Å². The Hall–Kier alpha value is -2.63. The second-order valence-corrected chi connectivity index (χ2v) is 5.51. The number of benzene rings is 2. The smallest absolute Gasteiger partial charge is 0.267 e. The third-order valence-corrected chi connectivity index (χ3v) is 3.62. The number of carbonyl (C=O) groups excluding carboxylic acids is 1. The quantitative estimate of drug-likeness (QED) is 0.391. The van der Waals surface area contributed by atoms with Gasteiger partial charge in [0.15, 0.2) is 0 Å². The normalized spacial score (nSPS) is 11.2. The van der Waals surface area contributed by atoms with Crippen LogP contribution in [0.5, 0.6) is 0 Å². The van der Waals surface area contributed by atoms with Crippen LogP contribution in [-0.4, -0.2) is 21.1 Å². The van der Waals surface area contributed by atoms with Gasteiger partial charge in [0, 0.05) is 17.5 Å². The molecule has 0 aliphatic rings. The van der Waals surface area contributed by atoms with Gasteiger partial charge < -0.3 is 4.98 Å². The lowest BCUT2D eigenvalue weighted by Gasteiger charge is -1.99. The summed E-state index contributed by atoms with van der Waals surface area (Å²) in [5.41, 5.74) is 5.32. The van der Waals surface area contributed by atoms with Gasteiger partial charge in [-0.1, -0.05) is 35.9 Å². The lowest BCUT2D eigenvalue weighted by molar-refractivity contribution is -0.124. The van der Waals surface area contributed by atoms with Crippen LogP contribution < -0.4 is 5.48 Å². The number of aromatic nitrogens is 2. The maximum absolute atomic E-state index is 10.9. The largest absolute Gasteiger partial charge is 0.342 e. The number of carbonyl (C=O) groups is 1. The first-order chi connectivity index (χ1) is 11.1. The number of hydroxylamine groups is 1. The van der Waals surface area contributed by atoms with Crippen molar-refractivity contribution in [3.05, 3.63) is 70.5 Å². The first-order valence-corrected chi connectivity index (χ1v) is 7.37. The number of rotatable bonds is 4. The van der Waals surface area contributed by atoms with Crippen molar-refractivity contribution in [1.29, 1.82) is 0 Å². The molecule has 1 amide bonds. The Morgan fingerprint density at radius 1 is 1.26 bits per heavy atom. The molecule has 0 radical (unpaired) electrons. The molecular formula is C17H14ClN3O2. The number of nitrogens with zero attached hydrogens (tertiary/aromatic N) is 1. The van der Waals surface area contributed by atoms with Crippen molar-refractivity contribution in [2.45, 2.75) is 6.42 Å². The van der Waals surface area contributed by atoms with Gasteiger partial charge in [0.05, 0.1) is 11.0 Å². The molecule has 0 aliphatic heterocycles. The standard InChI is InChI=1S/C17H14ClN3O2/c18-13-6-7-14-15(10-13)20-16(19-14)9-12-3-1-11(2-4-12)5-8-17(22)21-23/h1-8,10,23H,9H2,(H,19,20)(H,21,22). The third-order valence-electron chi connectivity index (χ3n) is 3.38. The SMILES string of the molecule is O=C(C=Cc1ccc(Cc2nc3ccc(Cl)cc3[nH]2)cc1)NO. The molecule has 3 aromatic rings. The van der Waals surface area contributed by atoms with Crippen molar-refractivity contribution >= 4 is 34.6 Å². The van der Waals surface area contributed by atoms with E-state index in [1.165, 1.54) is 6.08 Å². The second kappa shape index (κ2) is 6.64. The zero-order valence-electron chi connectivity index (χ0n) is 12.1. The van der Waals surface area contributed by atoms with Gasteiger partial charge in [-0.05, 0) is 35.4 Å². The van der Waals surface area contributed by atoms with E-state index in [0.29, 0.717) is 11.4 Å². The van der Waals surface area contributed by atoms with Gasteiger partial charge in [-0.3, -0.25) is 10.0 Å². The number of hydrogen-bond acceptors (Lipinski definition) is 3. The number of imidazole rings is 1. The van der Waals surface area contributed by atoms with Crippen LogP contribution in [0.2, 0.25) is 5.02 Å². The van der Waals surface area contributed by atoms with Gasteiger partial charge in [-0.25, -0.2) is 10.5 Å². The average Bonchev–Trinajstić information content (AvgIpc) is 2.95. The van der Waals surface area contributed by atoms with Crippen LogP contribution in [-0.2, 0) is 11.2 Å². The van der Waals surface area contributed by atoms with Crippen LogP contribution in [0.4, 0.5) is 0 Å². The molecule has 0 spiro atoms. The highest BCUT2D eigenvalue weighted by Crippen LogP contribution is 2.18. The van der Waals surface area contributed by atoms with E-state index >= 15 is 0 Å². The zero-order valence-corrected chi connectivity index (χ0v) is 12.8. The van der Waals surface area contributed by atoms with Crippen molar-refractivity contribution < 1.29 is 10.0 Å². The number of nitrogens with one attached hydrogen (secondary N) is 2. The highest BCUT2D eigenvalue weighted by atomic mass is 35.5. The Labute approximate surface area is 137 Å². The summed E-state index contributed by atoms with van der Waals surface area (Å²) in [6, 6.07) is 13.3. The number of H-pyrrole nitrogens is 1. The van der Waals surface area contributed by atoms with E-state index in [0.717, 1.165) is 28.0 Å². The molecule has 0 saturated carbocycles. The van der Waals surface area contributed by atoms with Crippen molar-refractivity contribution in [3.63, 3.8) is 0 Å². The molecule has 6 heteroatoms. The van der Waals surface area contributed by atoms with Crippen LogP contribution in [0.15, 0.2) is 48.5 Å². The van der Waals surface area contributed by atoms with Gasteiger partial charge in [0.2, 0.25) is 0 Å². The van der Waals surface area contributed by atoms with E-state index in [4.69, 9.17) is 16.8 Å². The minimum absolute atomic E-state index is 0.560. The van der Waals surface area contributed by atoms with Gasteiger partial charge in [0.1, 0.15) is 5.82 Å². The fourth-order valence-corrected chi connectivity index (χ4v) is 2.44. The summed E-state index contributed by atoms with van der Waals surface area (Å²) >= 11 is 5.97. The van der Waals surface area contributed by atoms with Crippen LogP contribution in [0.3, 0.4) is 0 Å². The van der Waals surface area contributed by atoms with Crippen LogP contribution >= 0.6 is 11.6 Å². The first-order valence-electron chi connectivity index (χ1n) is 6.99. The van der Waals surface area contributed by atoms with Gasteiger partial charge in [-0.15, -0.1) is 0 Å². The van der Waals surface area contributed by atoms with Crippen molar-refractivity contribution in [3.8, 4) is 0 Å². The van der Waals surface area contributed by atoms with Crippen molar-refractivity contribution in [2.24, 2.45) is 0 Å². The average molecular weight is 328 g/mol. The molecular weight excluding hydrogens is 314 g/mol. The Morgan fingerprint density at radius 2 is 2.04 bits per heavy atom. The fraction of sp³-hybridized carbons (Fsp3) is 0.0588. The van der Waals surface area contributed by atoms with Crippen molar-refractivity contribution in [2.75, 3.05) is 0 Å². The molecule has 3 rings (SSSR count). The first kappa shape index (κ1) is 15.3. The molecule has 0 unspecified atom stereocenters. The highest BCUT2D eigenvalue weighted by molar-refractivity contribution is 6.31. The van der Waals surface area contributed by atoms with E-state index in [1.807, 2.05) is 42.5 Å².